The summed E-state index contributed by atoms with van der Waals surface area (Å²) in [5, 5.41) is 10.1. The van der Waals surface area contributed by atoms with Gasteiger partial charge in [-0.1, -0.05) is 22.3 Å². The molecule has 0 aromatic carbocycles. The molecule has 74 valence electrons. The Bertz CT molecular complexity index is 264. The van der Waals surface area contributed by atoms with E-state index >= 15 is 0 Å². The first-order valence-electron chi connectivity index (χ1n) is 3.71. The normalized spacial score (nSPS) is 12.6. The summed E-state index contributed by atoms with van der Waals surface area (Å²) in [6.45, 7) is 2.09. The zero-order valence-corrected chi connectivity index (χ0v) is 7.65. The van der Waals surface area contributed by atoms with Gasteiger partial charge in [0.1, 0.15) is 0 Å². The van der Waals surface area contributed by atoms with Gasteiger partial charge in [0.05, 0.1) is 0 Å². The zero-order chi connectivity index (χ0) is 10.9. The molecule has 0 saturated heterocycles. The van der Waals surface area contributed by atoms with Crippen molar-refractivity contribution >= 4 is 0 Å². The van der Waals surface area contributed by atoms with Crippen LogP contribution in [-0.4, -0.2) is 19.6 Å². The second-order valence-corrected chi connectivity index (χ2v) is 2.98. The van der Waals surface area contributed by atoms with E-state index < -0.39 is 5.41 Å². The van der Waals surface area contributed by atoms with Crippen LogP contribution in [0.2, 0.25) is 0 Å². The summed E-state index contributed by atoms with van der Waals surface area (Å²) in [6, 6.07) is 0. The monoisotopic (exact) mass is 195 g/mol. The summed E-state index contributed by atoms with van der Waals surface area (Å²) in [5.74, 6) is 0. The zero-order valence-electron chi connectivity index (χ0n) is 7.65. The molecule has 0 atom stereocenters. The molecule has 0 heterocycles. The van der Waals surface area contributed by atoms with E-state index in [9.17, 15) is 0 Å². The van der Waals surface area contributed by atoms with Crippen LogP contribution in [0.1, 0.15) is 6.92 Å². The fraction of sp³-hybridized carbons (Fsp3) is 1.00. The Hall–Kier alpha value is -2.07. The molecule has 0 unspecified atom stereocenters. The van der Waals surface area contributed by atoms with Crippen LogP contribution in [0.5, 0.6) is 0 Å². The Balaban J connectivity index is 4.53. The molecule has 0 aromatic rings. The lowest BCUT2D eigenvalue weighted by atomic mass is 9.91. The summed E-state index contributed by atoms with van der Waals surface area (Å²) >= 11 is 0. The maximum atomic E-state index is 8.13. The van der Waals surface area contributed by atoms with Crippen LogP contribution < -0.4 is 0 Å². The summed E-state index contributed by atoms with van der Waals surface area (Å²) in [4.78, 5) is 7.78. The van der Waals surface area contributed by atoms with Crippen LogP contribution in [0.3, 0.4) is 0 Å². The van der Waals surface area contributed by atoms with Gasteiger partial charge >= 0.3 is 0 Å². The van der Waals surface area contributed by atoms with Crippen molar-refractivity contribution in [1.82, 2.24) is 0 Å². The molecule has 9 heteroatoms. The average Bonchev–Trinajstić information content (AvgIpc) is 2.21. The first-order chi connectivity index (χ1) is 6.68. The molecule has 0 aliphatic heterocycles. The highest BCUT2D eigenvalue weighted by Crippen LogP contribution is 2.18. The predicted octanol–water partition coefficient (Wildman–Crippen LogP) is 2.92. The van der Waals surface area contributed by atoms with E-state index in [1.807, 2.05) is 0 Å². The Kier molecular flexibility index (Phi) is 5.49. The third-order valence-corrected chi connectivity index (χ3v) is 1.55. The molecule has 9 nitrogen and oxygen atoms in total. The van der Waals surface area contributed by atoms with Crippen molar-refractivity contribution in [1.29, 1.82) is 0 Å². The van der Waals surface area contributed by atoms with Crippen LogP contribution in [0.4, 0.5) is 0 Å². The fourth-order valence-electron chi connectivity index (χ4n) is 0.757. The Morgan fingerprint density at radius 1 is 0.857 bits per heavy atom. The minimum Gasteiger partial charge on any atom is -0.0934 e. The highest BCUT2D eigenvalue weighted by molar-refractivity contribution is 4.82. The number of azide groups is 3. The summed E-state index contributed by atoms with van der Waals surface area (Å²) < 4.78 is 0. The Labute approximate surface area is 79.6 Å². The van der Waals surface area contributed by atoms with E-state index in [1.165, 1.54) is 0 Å². The van der Waals surface area contributed by atoms with E-state index in [-0.39, 0.29) is 19.6 Å². The van der Waals surface area contributed by atoms with E-state index in [4.69, 9.17) is 16.6 Å². The second-order valence-electron chi connectivity index (χ2n) is 2.98. The Morgan fingerprint density at radius 2 is 1.14 bits per heavy atom. The lowest BCUT2D eigenvalue weighted by Gasteiger charge is -2.22. The molecule has 0 N–H and O–H groups in total. The third-order valence-electron chi connectivity index (χ3n) is 1.55. The first-order valence-corrected chi connectivity index (χ1v) is 3.71. The molecule has 0 fully saturated rings. The van der Waals surface area contributed by atoms with Crippen LogP contribution in [0.25, 0.3) is 31.3 Å². The quantitative estimate of drug-likeness (QED) is 0.348. The third kappa shape index (κ3) is 4.74. The van der Waals surface area contributed by atoms with Crippen molar-refractivity contribution in [2.24, 2.45) is 20.8 Å². The van der Waals surface area contributed by atoms with Gasteiger partial charge in [-0.2, -0.15) is 0 Å². The molecule has 0 bridgehead atoms. The van der Waals surface area contributed by atoms with Crippen LogP contribution >= 0.6 is 0 Å². The smallest absolute Gasteiger partial charge is 0.0314 e. The first kappa shape index (κ1) is 11.9. The van der Waals surface area contributed by atoms with Gasteiger partial charge in [-0.05, 0) is 22.0 Å². The highest BCUT2D eigenvalue weighted by Gasteiger charge is 2.21. The van der Waals surface area contributed by atoms with Crippen molar-refractivity contribution in [3.63, 3.8) is 0 Å². The van der Waals surface area contributed by atoms with Gasteiger partial charge in [0, 0.05) is 34.4 Å². The summed E-state index contributed by atoms with van der Waals surface area (Å²) in [7, 11) is 0. The fourth-order valence-corrected chi connectivity index (χ4v) is 0.757. The van der Waals surface area contributed by atoms with Gasteiger partial charge in [-0.25, -0.2) is 0 Å². The molecule has 0 aromatic heterocycles. The SMILES string of the molecule is CC(CN=[N+]=[N-])(CN=[N+]=[N-])CN=[N+]=[N-]. The molecule has 0 spiro atoms. The van der Waals surface area contributed by atoms with Gasteiger partial charge in [-0.15, -0.1) is 0 Å². The molecule has 0 saturated carbocycles. The summed E-state index contributed by atoms with van der Waals surface area (Å²) in [6.07, 6.45) is 0. The molecule has 0 rings (SSSR count). The molecule has 0 radical (unpaired) electrons. The maximum Gasteiger partial charge on any atom is 0.0314 e. The van der Waals surface area contributed by atoms with E-state index in [1.54, 1.807) is 6.92 Å². The van der Waals surface area contributed by atoms with Gasteiger partial charge < -0.3 is 0 Å². The van der Waals surface area contributed by atoms with Crippen molar-refractivity contribution in [3.05, 3.63) is 31.3 Å². The Morgan fingerprint density at radius 3 is 1.36 bits per heavy atom. The molecular formula is C5H9N9. The largest absolute Gasteiger partial charge is 0.0934 e. The van der Waals surface area contributed by atoms with Gasteiger partial charge in [0.2, 0.25) is 0 Å². The number of nitrogens with zero attached hydrogens (tertiary/aromatic N) is 9. The van der Waals surface area contributed by atoms with Crippen molar-refractivity contribution in [2.45, 2.75) is 6.92 Å². The lowest BCUT2D eigenvalue weighted by Crippen LogP contribution is -2.27. The topological polar surface area (TPSA) is 146 Å². The van der Waals surface area contributed by atoms with E-state index in [0.717, 1.165) is 0 Å². The molecule has 0 amide bonds. The number of rotatable bonds is 6. The molecule has 0 aliphatic rings. The van der Waals surface area contributed by atoms with E-state index in [2.05, 4.69) is 30.1 Å². The van der Waals surface area contributed by atoms with Gasteiger partial charge in [-0.3, -0.25) is 0 Å². The van der Waals surface area contributed by atoms with Gasteiger partial charge in [0.15, 0.2) is 0 Å². The molecule has 0 aliphatic carbocycles. The van der Waals surface area contributed by atoms with Crippen molar-refractivity contribution in [2.75, 3.05) is 19.6 Å². The minimum atomic E-state index is -0.606. The van der Waals surface area contributed by atoms with Crippen LogP contribution in [0.15, 0.2) is 15.3 Å². The second kappa shape index (κ2) is 6.45. The van der Waals surface area contributed by atoms with Crippen molar-refractivity contribution < 1.29 is 0 Å². The maximum absolute atomic E-state index is 8.13. The van der Waals surface area contributed by atoms with Crippen molar-refractivity contribution in [3.8, 4) is 0 Å². The standard InChI is InChI=1S/C5H9N9/c1-5(2-9-12-6,3-10-13-7)4-11-14-8/h2-4H2,1H3. The lowest BCUT2D eigenvalue weighted by molar-refractivity contribution is 0.360. The van der Waals surface area contributed by atoms with Crippen LogP contribution in [-0.2, 0) is 0 Å². The van der Waals surface area contributed by atoms with E-state index in [0.29, 0.717) is 0 Å². The number of hydrogen-bond acceptors (Lipinski definition) is 3. The summed E-state index contributed by atoms with van der Waals surface area (Å²) in [5.41, 5.74) is 23.8. The van der Waals surface area contributed by atoms with Crippen LogP contribution in [0, 0.1) is 5.41 Å². The predicted molar refractivity (Wildman–Crippen MR) is 50.1 cm³/mol. The highest BCUT2D eigenvalue weighted by atomic mass is 15.2. The molecular weight excluding hydrogens is 186 g/mol. The number of hydrogen-bond donors (Lipinski definition) is 0. The average molecular weight is 195 g/mol. The molecule has 14 heavy (non-hydrogen) atoms. The minimum absolute atomic E-state index is 0.127. The van der Waals surface area contributed by atoms with Gasteiger partial charge in [0.25, 0.3) is 0 Å².